The maximum absolute atomic E-state index is 8.84. The fourth-order valence-electron chi connectivity index (χ4n) is 1.57. The molecule has 1 N–H and O–H groups in total. The van der Waals surface area contributed by atoms with Crippen molar-refractivity contribution < 1.29 is 5.11 Å². The molecule has 0 saturated carbocycles. The summed E-state index contributed by atoms with van der Waals surface area (Å²) in [5.74, 6) is 0. The third kappa shape index (κ3) is 2.05. The summed E-state index contributed by atoms with van der Waals surface area (Å²) in [5, 5.41) is 9.94. The minimum absolute atomic E-state index is 0.143. The van der Waals surface area contributed by atoms with Gasteiger partial charge in [0.05, 0.1) is 5.52 Å². The molecular formula is C13H13NO. The van der Waals surface area contributed by atoms with Crippen molar-refractivity contribution in [1.82, 2.24) is 4.98 Å². The Morgan fingerprint density at radius 1 is 1.33 bits per heavy atom. The minimum atomic E-state index is 0.143. The van der Waals surface area contributed by atoms with Crippen LogP contribution in [0.2, 0.25) is 0 Å². The van der Waals surface area contributed by atoms with E-state index < -0.39 is 0 Å². The second kappa shape index (κ2) is 4.24. The highest BCUT2D eigenvalue weighted by atomic mass is 16.2. The van der Waals surface area contributed by atoms with Crippen molar-refractivity contribution in [3.8, 4) is 0 Å². The Hall–Kier alpha value is -1.67. The highest BCUT2D eigenvalue weighted by Crippen LogP contribution is 2.20. The molecule has 0 amide bonds. The predicted octanol–water partition coefficient (Wildman–Crippen LogP) is 2.63. The van der Waals surface area contributed by atoms with Crippen LogP contribution in [0.1, 0.15) is 12.0 Å². The van der Waals surface area contributed by atoms with Crippen LogP contribution in [0.4, 0.5) is 0 Å². The number of fused-ring (bicyclic) bond motifs is 1. The van der Waals surface area contributed by atoms with Gasteiger partial charge in [-0.1, -0.05) is 18.7 Å². The fraction of sp³-hybridized carbons (Fsp3) is 0.154. The van der Waals surface area contributed by atoms with E-state index in [4.69, 9.17) is 5.11 Å². The molecule has 76 valence electrons. The first-order valence-electron chi connectivity index (χ1n) is 4.95. The summed E-state index contributed by atoms with van der Waals surface area (Å²) in [6.45, 7) is 4.08. The van der Waals surface area contributed by atoms with Crippen LogP contribution in [0, 0.1) is 0 Å². The number of hydrogen-bond acceptors (Lipinski definition) is 2. The van der Waals surface area contributed by atoms with Gasteiger partial charge in [0.25, 0.3) is 0 Å². The zero-order valence-corrected chi connectivity index (χ0v) is 8.48. The highest BCUT2D eigenvalue weighted by Gasteiger charge is 2.00. The lowest BCUT2D eigenvalue weighted by atomic mass is 10.0. The molecule has 0 atom stereocenters. The Labute approximate surface area is 88.9 Å². The summed E-state index contributed by atoms with van der Waals surface area (Å²) in [6, 6.07) is 9.97. The van der Waals surface area contributed by atoms with E-state index in [9.17, 15) is 0 Å². The standard InChI is InChI=1S/C13H13NO/c1-10(6-8-15)11-4-5-13-12(9-11)3-2-7-14-13/h2-5,7,9,15H,1,6,8H2. The second-order valence-corrected chi connectivity index (χ2v) is 3.49. The van der Waals surface area contributed by atoms with Crippen LogP contribution in [-0.2, 0) is 0 Å². The van der Waals surface area contributed by atoms with Crippen LogP contribution in [0.5, 0.6) is 0 Å². The fourth-order valence-corrected chi connectivity index (χ4v) is 1.57. The van der Waals surface area contributed by atoms with Crippen molar-refractivity contribution >= 4 is 16.5 Å². The highest BCUT2D eigenvalue weighted by molar-refractivity contribution is 5.82. The first kappa shape index (κ1) is 9.87. The van der Waals surface area contributed by atoms with E-state index >= 15 is 0 Å². The van der Waals surface area contributed by atoms with Gasteiger partial charge < -0.3 is 5.11 Å². The van der Waals surface area contributed by atoms with Gasteiger partial charge in [-0.25, -0.2) is 0 Å². The number of rotatable bonds is 3. The zero-order chi connectivity index (χ0) is 10.7. The van der Waals surface area contributed by atoms with E-state index in [0.29, 0.717) is 6.42 Å². The van der Waals surface area contributed by atoms with Gasteiger partial charge in [-0.2, -0.15) is 0 Å². The molecule has 0 aliphatic carbocycles. The molecule has 0 fully saturated rings. The maximum atomic E-state index is 8.84. The summed E-state index contributed by atoms with van der Waals surface area (Å²) >= 11 is 0. The molecule has 0 unspecified atom stereocenters. The molecule has 0 radical (unpaired) electrons. The predicted molar refractivity (Wildman–Crippen MR) is 62.5 cm³/mol. The summed E-state index contributed by atoms with van der Waals surface area (Å²) in [5.41, 5.74) is 3.02. The Morgan fingerprint density at radius 2 is 2.20 bits per heavy atom. The molecular weight excluding hydrogens is 186 g/mol. The van der Waals surface area contributed by atoms with Crippen molar-refractivity contribution in [2.45, 2.75) is 6.42 Å². The van der Waals surface area contributed by atoms with Crippen molar-refractivity contribution in [2.24, 2.45) is 0 Å². The largest absolute Gasteiger partial charge is 0.396 e. The average Bonchev–Trinajstić information content (AvgIpc) is 2.29. The molecule has 2 nitrogen and oxygen atoms in total. The second-order valence-electron chi connectivity index (χ2n) is 3.49. The Kier molecular flexibility index (Phi) is 2.79. The molecule has 1 heterocycles. The van der Waals surface area contributed by atoms with E-state index in [1.54, 1.807) is 6.20 Å². The van der Waals surface area contributed by atoms with E-state index in [1.807, 2.05) is 24.3 Å². The van der Waals surface area contributed by atoms with Crippen molar-refractivity contribution in [3.63, 3.8) is 0 Å². The van der Waals surface area contributed by atoms with Gasteiger partial charge >= 0.3 is 0 Å². The SMILES string of the molecule is C=C(CCO)c1ccc2ncccc2c1. The first-order valence-corrected chi connectivity index (χ1v) is 4.95. The van der Waals surface area contributed by atoms with E-state index in [-0.39, 0.29) is 6.61 Å². The summed E-state index contributed by atoms with van der Waals surface area (Å²) < 4.78 is 0. The van der Waals surface area contributed by atoms with Crippen molar-refractivity contribution in [1.29, 1.82) is 0 Å². The zero-order valence-electron chi connectivity index (χ0n) is 8.48. The van der Waals surface area contributed by atoms with Crippen LogP contribution in [0.15, 0.2) is 43.1 Å². The van der Waals surface area contributed by atoms with E-state index in [0.717, 1.165) is 22.0 Å². The average molecular weight is 199 g/mol. The maximum Gasteiger partial charge on any atom is 0.0702 e. The van der Waals surface area contributed by atoms with Gasteiger partial charge in [-0.05, 0) is 35.8 Å². The third-order valence-electron chi connectivity index (χ3n) is 2.42. The van der Waals surface area contributed by atoms with Gasteiger partial charge in [0.1, 0.15) is 0 Å². The normalized spacial score (nSPS) is 10.5. The van der Waals surface area contributed by atoms with E-state index in [2.05, 4.69) is 17.6 Å². The minimum Gasteiger partial charge on any atom is -0.396 e. The van der Waals surface area contributed by atoms with Crippen LogP contribution < -0.4 is 0 Å². The molecule has 1 aromatic carbocycles. The molecule has 2 heteroatoms. The van der Waals surface area contributed by atoms with Crippen molar-refractivity contribution in [3.05, 3.63) is 48.7 Å². The van der Waals surface area contributed by atoms with Gasteiger partial charge in [0, 0.05) is 18.2 Å². The van der Waals surface area contributed by atoms with Crippen molar-refractivity contribution in [2.75, 3.05) is 6.61 Å². The Morgan fingerprint density at radius 3 is 3.00 bits per heavy atom. The monoisotopic (exact) mass is 199 g/mol. The number of hydrogen-bond donors (Lipinski definition) is 1. The molecule has 0 bridgehead atoms. The molecule has 0 aliphatic heterocycles. The first-order chi connectivity index (χ1) is 7.31. The number of aliphatic hydroxyl groups excluding tert-OH is 1. The molecule has 2 aromatic rings. The van der Waals surface area contributed by atoms with Crippen LogP contribution in [0.25, 0.3) is 16.5 Å². The quantitative estimate of drug-likeness (QED) is 0.824. The lowest BCUT2D eigenvalue weighted by molar-refractivity contribution is 0.305. The summed E-state index contributed by atoms with van der Waals surface area (Å²) in [6.07, 6.45) is 2.40. The number of pyridine rings is 1. The van der Waals surface area contributed by atoms with Gasteiger partial charge in [-0.15, -0.1) is 0 Å². The summed E-state index contributed by atoms with van der Waals surface area (Å²) in [7, 11) is 0. The smallest absolute Gasteiger partial charge is 0.0702 e. The molecule has 1 aromatic heterocycles. The number of nitrogens with zero attached hydrogens (tertiary/aromatic N) is 1. The van der Waals surface area contributed by atoms with Crippen LogP contribution in [0.3, 0.4) is 0 Å². The van der Waals surface area contributed by atoms with Gasteiger partial charge in [0.15, 0.2) is 0 Å². The molecule has 15 heavy (non-hydrogen) atoms. The molecule has 2 rings (SSSR count). The van der Waals surface area contributed by atoms with E-state index in [1.165, 1.54) is 0 Å². The topological polar surface area (TPSA) is 33.1 Å². The van der Waals surface area contributed by atoms with Crippen LogP contribution >= 0.6 is 0 Å². The number of benzene rings is 1. The Balaban J connectivity index is 2.42. The van der Waals surface area contributed by atoms with Gasteiger partial charge in [0.2, 0.25) is 0 Å². The third-order valence-corrected chi connectivity index (χ3v) is 2.42. The molecule has 0 aliphatic rings. The summed E-state index contributed by atoms with van der Waals surface area (Å²) in [4.78, 5) is 4.25. The molecule has 0 saturated heterocycles. The van der Waals surface area contributed by atoms with Gasteiger partial charge in [-0.3, -0.25) is 4.98 Å². The van der Waals surface area contributed by atoms with Crippen LogP contribution in [-0.4, -0.2) is 16.7 Å². The lowest BCUT2D eigenvalue weighted by Crippen LogP contribution is -1.88. The molecule has 0 spiro atoms. The number of aromatic nitrogens is 1. The number of aliphatic hydroxyl groups is 1. The lowest BCUT2D eigenvalue weighted by Gasteiger charge is -2.05. The Bertz CT molecular complexity index is 491.